The molecule has 4 nitrogen and oxygen atoms in total. The minimum atomic E-state index is -0.116. The number of carbonyl (C=O) groups is 1. The highest BCUT2D eigenvalue weighted by Gasteiger charge is 2.06. The van der Waals surface area contributed by atoms with E-state index in [0.29, 0.717) is 11.4 Å². The topological polar surface area (TPSA) is 64.3 Å². The van der Waals surface area contributed by atoms with Gasteiger partial charge in [0.1, 0.15) is 5.75 Å². The Bertz CT molecular complexity index is 441. The van der Waals surface area contributed by atoms with E-state index in [2.05, 4.69) is 11.2 Å². The van der Waals surface area contributed by atoms with Gasteiger partial charge in [0.05, 0.1) is 19.4 Å². The number of anilines is 1. The van der Waals surface area contributed by atoms with Crippen molar-refractivity contribution < 1.29 is 9.53 Å². The van der Waals surface area contributed by atoms with Crippen LogP contribution >= 0.6 is 11.8 Å². The second-order valence-corrected chi connectivity index (χ2v) is 4.19. The molecule has 0 bridgehead atoms. The predicted octanol–water partition coefficient (Wildman–Crippen LogP) is 1.12. The molecule has 3 N–H and O–H groups in total. The average molecular weight is 250 g/mol. The number of nitrogens with two attached hydrogens (primary N) is 1. The number of methoxy groups -OCH3 is 1. The summed E-state index contributed by atoms with van der Waals surface area (Å²) in [5.41, 5.74) is 6.42. The lowest BCUT2D eigenvalue weighted by Crippen LogP contribution is -2.25. The molecule has 0 aliphatic rings. The van der Waals surface area contributed by atoms with Crippen LogP contribution in [0.25, 0.3) is 0 Å². The number of thioether (sulfide) groups is 1. The van der Waals surface area contributed by atoms with E-state index in [-0.39, 0.29) is 18.2 Å². The van der Waals surface area contributed by atoms with Crippen LogP contribution in [0.4, 0.5) is 5.69 Å². The molecule has 0 atom stereocenters. The van der Waals surface area contributed by atoms with Gasteiger partial charge in [-0.3, -0.25) is 4.79 Å². The van der Waals surface area contributed by atoms with Gasteiger partial charge in [-0.2, -0.15) is 0 Å². The maximum absolute atomic E-state index is 11.3. The number of amides is 1. The maximum atomic E-state index is 11.3. The van der Waals surface area contributed by atoms with Gasteiger partial charge in [-0.25, -0.2) is 0 Å². The van der Waals surface area contributed by atoms with Crippen LogP contribution in [-0.4, -0.2) is 25.3 Å². The number of nitrogen functional groups attached to an aromatic ring is 1. The van der Waals surface area contributed by atoms with Gasteiger partial charge in [0.15, 0.2) is 0 Å². The standard InChI is InChI=1S/C12H14N2O2S/c1-3-6-14-12(15)8-17-11-7-9(16-2)4-5-10(11)13/h1,4-5,7H,6,8,13H2,2H3,(H,14,15). The molecular weight excluding hydrogens is 236 g/mol. The number of rotatable bonds is 5. The van der Waals surface area contributed by atoms with Gasteiger partial charge in [0.25, 0.3) is 0 Å². The normalized spacial score (nSPS) is 9.41. The molecule has 90 valence electrons. The van der Waals surface area contributed by atoms with Crippen molar-refractivity contribution in [2.75, 3.05) is 25.1 Å². The summed E-state index contributed by atoms with van der Waals surface area (Å²) < 4.78 is 5.09. The summed E-state index contributed by atoms with van der Waals surface area (Å²) in [6.45, 7) is 0.243. The van der Waals surface area contributed by atoms with E-state index in [1.807, 2.05) is 0 Å². The second-order valence-electron chi connectivity index (χ2n) is 3.17. The van der Waals surface area contributed by atoms with Crippen LogP contribution in [0, 0.1) is 12.3 Å². The van der Waals surface area contributed by atoms with E-state index in [4.69, 9.17) is 16.9 Å². The first-order valence-corrected chi connectivity index (χ1v) is 5.92. The highest BCUT2D eigenvalue weighted by Crippen LogP contribution is 2.28. The van der Waals surface area contributed by atoms with Gasteiger partial charge >= 0.3 is 0 Å². The quantitative estimate of drug-likeness (QED) is 0.467. The van der Waals surface area contributed by atoms with E-state index >= 15 is 0 Å². The number of hydrogen-bond donors (Lipinski definition) is 2. The number of nitrogens with one attached hydrogen (secondary N) is 1. The summed E-state index contributed by atoms with van der Waals surface area (Å²) in [7, 11) is 1.58. The predicted molar refractivity (Wildman–Crippen MR) is 70.0 cm³/mol. The Hall–Kier alpha value is -1.80. The third-order valence-electron chi connectivity index (χ3n) is 1.97. The van der Waals surface area contributed by atoms with Crippen LogP contribution in [0.3, 0.4) is 0 Å². The van der Waals surface area contributed by atoms with E-state index in [0.717, 1.165) is 4.90 Å². The van der Waals surface area contributed by atoms with Crippen molar-refractivity contribution in [2.24, 2.45) is 0 Å². The van der Waals surface area contributed by atoms with Crippen LogP contribution in [0.2, 0.25) is 0 Å². The van der Waals surface area contributed by atoms with Gasteiger partial charge in [-0.1, -0.05) is 5.92 Å². The van der Waals surface area contributed by atoms with E-state index < -0.39 is 0 Å². The van der Waals surface area contributed by atoms with Crippen molar-refractivity contribution in [3.05, 3.63) is 18.2 Å². The van der Waals surface area contributed by atoms with Crippen LogP contribution in [0.15, 0.2) is 23.1 Å². The number of benzene rings is 1. The summed E-state index contributed by atoms with van der Waals surface area (Å²) in [4.78, 5) is 12.2. The Balaban J connectivity index is 2.57. The fourth-order valence-electron chi connectivity index (χ4n) is 1.11. The average Bonchev–Trinajstić information content (AvgIpc) is 2.35. The number of carbonyl (C=O) groups excluding carboxylic acids is 1. The van der Waals surface area contributed by atoms with Crippen molar-refractivity contribution in [3.8, 4) is 18.1 Å². The van der Waals surface area contributed by atoms with Crippen LogP contribution in [-0.2, 0) is 4.79 Å². The molecule has 17 heavy (non-hydrogen) atoms. The SMILES string of the molecule is C#CCNC(=O)CSc1cc(OC)ccc1N. The van der Waals surface area contributed by atoms with Gasteiger partial charge in [-0.05, 0) is 18.2 Å². The summed E-state index contributed by atoms with van der Waals surface area (Å²) in [6, 6.07) is 5.33. The molecule has 0 heterocycles. The third kappa shape index (κ3) is 4.29. The third-order valence-corrected chi connectivity index (χ3v) is 3.04. The summed E-state index contributed by atoms with van der Waals surface area (Å²) >= 11 is 1.35. The zero-order valence-electron chi connectivity index (χ0n) is 9.53. The summed E-state index contributed by atoms with van der Waals surface area (Å²) in [6.07, 6.45) is 5.04. The molecular formula is C12H14N2O2S. The molecule has 0 fully saturated rings. The lowest BCUT2D eigenvalue weighted by atomic mass is 10.3. The number of ether oxygens (including phenoxy) is 1. The molecule has 1 aromatic carbocycles. The molecule has 0 saturated carbocycles. The van der Waals surface area contributed by atoms with E-state index in [1.165, 1.54) is 11.8 Å². The molecule has 0 unspecified atom stereocenters. The van der Waals surface area contributed by atoms with Gasteiger partial charge in [0, 0.05) is 10.6 Å². The van der Waals surface area contributed by atoms with Gasteiger partial charge < -0.3 is 15.8 Å². The Labute approximate surface area is 105 Å². The lowest BCUT2D eigenvalue weighted by Gasteiger charge is -2.07. The first-order valence-electron chi connectivity index (χ1n) is 4.94. The van der Waals surface area contributed by atoms with Crippen LogP contribution < -0.4 is 15.8 Å². The highest BCUT2D eigenvalue weighted by molar-refractivity contribution is 8.00. The number of hydrogen-bond acceptors (Lipinski definition) is 4. The molecule has 0 radical (unpaired) electrons. The van der Waals surface area contributed by atoms with Crippen LogP contribution in [0.5, 0.6) is 5.75 Å². The first kappa shape index (κ1) is 13.3. The second kappa shape index (κ2) is 6.71. The minimum Gasteiger partial charge on any atom is -0.497 e. The van der Waals surface area contributed by atoms with E-state index in [1.54, 1.807) is 25.3 Å². The van der Waals surface area contributed by atoms with E-state index in [9.17, 15) is 4.79 Å². The van der Waals surface area contributed by atoms with Crippen molar-refractivity contribution in [1.82, 2.24) is 5.32 Å². The van der Waals surface area contributed by atoms with Crippen molar-refractivity contribution in [1.29, 1.82) is 0 Å². The smallest absolute Gasteiger partial charge is 0.231 e. The lowest BCUT2D eigenvalue weighted by molar-refractivity contribution is -0.118. The van der Waals surface area contributed by atoms with Gasteiger partial charge in [-0.15, -0.1) is 18.2 Å². The molecule has 0 aliphatic carbocycles. The monoisotopic (exact) mass is 250 g/mol. The van der Waals surface area contributed by atoms with Crippen molar-refractivity contribution in [2.45, 2.75) is 4.90 Å². The molecule has 0 aromatic heterocycles. The Kier molecular flexibility index (Phi) is 5.24. The largest absolute Gasteiger partial charge is 0.497 e. The maximum Gasteiger partial charge on any atom is 0.231 e. The van der Waals surface area contributed by atoms with Crippen molar-refractivity contribution >= 4 is 23.4 Å². The molecule has 5 heteroatoms. The zero-order valence-corrected chi connectivity index (χ0v) is 10.3. The minimum absolute atomic E-state index is 0.116. The highest BCUT2D eigenvalue weighted by atomic mass is 32.2. The molecule has 1 aromatic rings. The summed E-state index contributed by atoms with van der Waals surface area (Å²) in [5, 5.41) is 2.58. The Morgan fingerprint density at radius 3 is 3.06 bits per heavy atom. The Morgan fingerprint density at radius 2 is 2.41 bits per heavy atom. The van der Waals surface area contributed by atoms with Crippen molar-refractivity contribution in [3.63, 3.8) is 0 Å². The summed E-state index contributed by atoms with van der Waals surface area (Å²) in [5.74, 6) is 3.22. The molecule has 0 spiro atoms. The fraction of sp³-hybridized carbons (Fsp3) is 0.250. The zero-order chi connectivity index (χ0) is 12.7. The van der Waals surface area contributed by atoms with Crippen LogP contribution in [0.1, 0.15) is 0 Å². The molecule has 0 aliphatic heterocycles. The number of terminal acetylenes is 1. The fourth-order valence-corrected chi connectivity index (χ4v) is 1.93. The van der Waals surface area contributed by atoms with Gasteiger partial charge in [0.2, 0.25) is 5.91 Å². The molecule has 0 saturated heterocycles. The molecule has 1 amide bonds. The first-order chi connectivity index (χ1) is 8.17. The Morgan fingerprint density at radius 1 is 1.65 bits per heavy atom. The molecule has 1 rings (SSSR count).